The highest BCUT2D eigenvalue weighted by Crippen LogP contribution is 2.19. The number of nitrogens with zero attached hydrogens (tertiary/aromatic N) is 4. The molecule has 0 aliphatic rings. The molecular weight excluding hydrogens is 185 g/mol. The smallest absolute Gasteiger partial charge is 0.306 e. The van der Waals surface area contributed by atoms with Crippen LogP contribution in [0.15, 0.2) is 5.11 Å². The summed E-state index contributed by atoms with van der Waals surface area (Å²) in [5.41, 5.74) is 7.90. The molecule has 0 aliphatic heterocycles. The average Bonchev–Trinajstić information content (AvgIpc) is 2.00. The van der Waals surface area contributed by atoms with Crippen molar-refractivity contribution in [1.29, 1.82) is 0 Å². The molecule has 0 radical (unpaired) electrons. The molecule has 0 fully saturated rings. The SMILES string of the molecule is CN(CCN=[N+]=[N-])CCC(F)(F)F. The van der Waals surface area contributed by atoms with E-state index in [1.807, 2.05) is 0 Å². The second kappa shape index (κ2) is 5.66. The molecule has 0 spiro atoms. The summed E-state index contributed by atoms with van der Waals surface area (Å²) in [5.74, 6) is 0. The van der Waals surface area contributed by atoms with Gasteiger partial charge in [-0.2, -0.15) is 13.2 Å². The van der Waals surface area contributed by atoms with Gasteiger partial charge in [0, 0.05) is 24.5 Å². The van der Waals surface area contributed by atoms with Crippen LogP contribution in [0, 0.1) is 0 Å². The minimum Gasteiger partial charge on any atom is -0.306 e. The predicted octanol–water partition coefficient (Wildman–Crippen LogP) is 2.18. The van der Waals surface area contributed by atoms with E-state index in [0.717, 1.165) is 0 Å². The van der Waals surface area contributed by atoms with Gasteiger partial charge < -0.3 is 4.90 Å². The van der Waals surface area contributed by atoms with Gasteiger partial charge in [-0.1, -0.05) is 5.11 Å². The van der Waals surface area contributed by atoms with Gasteiger partial charge in [0.25, 0.3) is 0 Å². The molecule has 13 heavy (non-hydrogen) atoms. The first kappa shape index (κ1) is 12.1. The zero-order valence-corrected chi connectivity index (χ0v) is 7.25. The number of likely N-dealkylation sites (N-methyl/N-ethyl adjacent to an activating group) is 1. The Morgan fingerprint density at radius 2 is 2.00 bits per heavy atom. The fourth-order valence-corrected chi connectivity index (χ4v) is 0.690. The summed E-state index contributed by atoms with van der Waals surface area (Å²) in [6.07, 6.45) is -4.95. The molecule has 0 aromatic carbocycles. The van der Waals surface area contributed by atoms with Gasteiger partial charge >= 0.3 is 6.18 Å². The Balaban J connectivity index is 3.51. The second-order valence-electron chi connectivity index (χ2n) is 2.62. The van der Waals surface area contributed by atoms with Gasteiger partial charge in [-0.15, -0.1) is 0 Å². The molecule has 0 heterocycles. The first-order valence-electron chi connectivity index (χ1n) is 3.72. The normalized spacial score (nSPS) is 11.5. The summed E-state index contributed by atoms with van der Waals surface area (Å²) in [7, 11) is 1.55. The Morgan fingerprint density at radius 3 is 2.46 bits per heavy atom. The molecule has 0 unspecified atom stereocenters. The Hall–Kier alpha value is -0.940. The van der Waals surface area contributed by atoms with E-state index in [4.69, 9.17) is 5.53 Å². The highest BCUT2D eigenvalue weighted by Gasteiger charge is 2.26. The number of halogens is 3. The van der Waals surface area contributed by atoms with Gasteiger partial charge in [-0.05, 0) is 12.6 Å². The lowest BCUT2D eigenvalue weighted by atomic mass is 10.4. The molecule has 4 nitrogen and oxygen atoms in total. The highest BCUT2D eigenvalue weighted by molar-refractivity contribution is 4.58. The molecule has 7 heteroatoms. The van der Waals surface area contributed by atoms with Crippen molar-refractivity contribution in [1.82, 2.24) is 4.90 Å². The van der Waals surface area contributed by atoms with E-state index >= 15 is 0 Å². The maximum Gasteiger partial charge on any atom is 0.390 e. The van der Waals surface area contributed by atoms with Crippen molar-refractivity contribution in [2.45, 2.75) is 12.6 Å². The molecule has 0 amide bonds. The third-order valence-corrected chi connectivity index (χ3v) is 1.42. The Bertz CT molecular complexity index is 185. The highest BCUT2D eigenvalue weighted by atomic mass is 19.4. The molecule has 0 atom stereocenters. The van der Waals surface area contributed by atoms with E-state index in [9.17, 15) is 13.2 Å². The maximum absolute atomic E-state index is 11.7. The summed E-state index contributed by atoms with van der Waals surface area (Å²) in [6, 6.07) is 0. The topological polar surface area (TPSA) is 52.0 Å². The zero-order chi connectivity index (χ0) is 10.3. The quantitative estimate of drug-likeness (QED) is 0.377. The van der Waals surface area contributed by atoms with E-state index in [-0.39, 0.29) is 13.1 Å². The summed E-state index contributed by atoms with van der Waals surface area (Å²) in [5, 5.41) is 3.21. The van der Waals surface area contributed by atoms with Crippen LogP contribution in [0.3, 0.4) is 0 Å². The molecule has 0 bridgehead atoms. The van der Waals surface area contributed by atoms with E-state index in [2.05, 4.69) is 10.0 Å². The van der Waals surface area contributed by atoms with Gasteiger partial charge in [0.2, 0.25) is 0 Å². The molecule has 0 N–H and O–H groups in total. The van der Waals surface area contributed by atoms with E-state index in [1.165, 1.54) is 4.90 Å². The van der Waals surface area contributed by atoms with Crippen molar-refractivity contribution in [3.8, 4) is 0 Å². The maximum atomic E-state index is 11.7. The number of rotatable bonds is 5. The van der Waals surface area contributed by atoms with Crippen molar-refractivity contribution in [3.63, 3.8) is 0 Å². The molecule has 0 aliphatic carbocycles. The van der Waals surface area contributed by atoms with Crippen LogP contribution in [0.1, 0.15) is 6.42 Å². The molecule has 76 valence electrons. The molecule has 0 aromatic heterocycles. The summed E-state index contributed by atoms with van der Waals surface area (Å²) in [6.45, 7) is 0.482. The Morgan fingerprint density at radius 1 is 1.38 bits per heavy atom. The largest absolute Gasteiger partial charge is 0.390 e. The number of alkyl halides is 3. The summed E-state index contributed by atoms with van der Waals surface area (Å²) >= 11 is 0. The first-order valence-corrected chi connectivity index (χ1v) is 3.72. The number of hydrogen-bond acceptors (Lipinski definition) is 2. The minimum absolute atomic E-state index is 0.0650. The minimum atomic E-state index is -4.12. The van der Waals surface area contributed by atoms with Gasteiger partial charge in [0.05, 0.1) is 6.42 Å². The molecule has 0 saturated carbocycles. The Labute approximate surface area is 74.0 Å². The van der Waals surface area contributed by atoms with Crippen LogP contribution < -0.4 is 0 Å². The second-order valence-corrected chi connectivity index (χ2v) is 2.62. The van der Waals surface area contributed by atoms with Gasteiger partial charge in [0.1, 0.15) is 0 Å². The fraction of sp³-hybridized carbons (Fsp3) is 1.00. The van der Waals surface area contributed by atoms with E-state index in [1.54, 1.807) is 7.05 Å². The van der Waals surface area contributed by atoms with Crippen molar-refractivity contribution < 1.29 is 13.2 Å². The summed E-state index contributed by atoms with van der Waals surface area (Å²) in [4.78, 5) is 3.97. The van der Waals surface area contributed by atoms with Crippen molar-refractivity contribution in [2.75, 3.05) is 26.7 Å². The van der Waals surface area contributed by atoms with Crippen LogP contribution in [0.25, 0.3) is 10.4 Å². The third-order valence-electron chi connectivity index (χ3n) is 1.42. The first-order chi connectivity index (χ1) is 5.95. The van der Waals surface area contributed by atoms with Crippen LogP contribution in [-0.4, -0.2) is 37.8 Å². The van der Waals surface area contributed by atoms with Crippen molar-refractivity contribution in [3.05, 3.63) is 10.4 Å². The van der Waals surface area contributed by atoms with Gasteiger partial charge in [-0.25, -0.2) is 0 Å². The fourth-order valence-electron chi connectivity index (χ4n) is 0.690. The zero-order valence-electron chi connectivity index (χ0n) is 7.25. The number of azide groups is 1. The monoisotopic (exact) mass is 196 g/mol. The molecular formula is C6H11F3N4. The lowest BCUT2D eigenvalue weighted by molar-refractivity contribution is -0.137. The van der Waals surface area contributed by atoms with Crippen LogP contribution >= 0.6 is 0 Å². The molecule has 0 aromatic rings. The van der Waals surface area contributed by atoms with Crippen molar-refractivity contribution in [2.24, 2.45) is 5.11 Å². The lowest BCUT2D eigenvalue weighted by Crippen LogP contribution is -2.26. The predicted molar refractivity (Wildman–Crippen MR) is 42.2 cm³/mol. The van der Waals surface area contributed by atoms with Crippen molar-refractivity contribution >= 4 is 0 Å². The molecule has 0 saturated heterocycles. The van der Waals surface area contributed by atoms with E-state index in [0.29, 0.717) is 6.54 Å². The Kier molecular flexibility index (Phi) is 5.25. The molecule has 0 rings (SSSR count). The third kappa shape index (κ3) is 8.97. The standard InChI is InChI=1S/C6H11F3N4/c1-13(5-3-11-12-10)4-2-6(7,8)9/h2-5H2,1H3. The van der Waals surface area contributed by atoms with Gasteiger partial charge in [0.15, 0.2) is 0 Å². The summed E-state index contributed by atoms with van der Waals surface area (Å²) < 4.78 is 35.1. The van der Waals surface area contributed by atoms with Crippen LogP contribution in [0.5, 0.6) is 0 Å². The number of hydrogen-bond donors (Lipinski definition) is 0. The van der Waals surface area contributed by atoms with Crippen LogP contribution in [0.2, 0.25) is 0 Å². The van der Waals surface area contributed by atoms with E-state index < -0.39 is 12.6 Å². The van der Waals surface area contributed by atoms with Crippen LogP contribution in [0.4, 0.5) is 13.2 Å². The average molecular weight is 196 g/mol. The lowest BCUT2D eigenvalue weighted by Gasteiger charge is -2.15. The van der Waals surface area contributed by atoms with Gasteiger partial charge in [-0.3, -0.25) is 0 Å². The van der Waals surface area contributed by atoms with Crippen LogP contribution in [-0.2, 0) is 0 Å².